The highest BCUT2D eigenvalue weighted by Crippen LogP contribution is 1.88. The van der Waals surface area contributed by atoms with Gasteiger partial charge in [-0.1, -0.05) is 0 Å². The summed E-state index contributed by atoms with van der Waals surface area (Å²) >= 11 is 0. The van der Waals surface area contributed by atoms with Crippen molar-refractivity contribution in [3.63, 3.8) is 0 Å². The Morgan fingerprint density at radius 3 is 2.83 bits per heavy atom. The van der Waals surface area contributed by atoms with Crippen molar-refractivity contribution in [2.45, 2.75) is 0 Å². The van der Waals surface area contributed by atoms with Gasteiger partial charge in [0.25, 0.3) is 0 Å². The summed E-state index contributed by atoms with van der Waals surface area (Å²) in [4.78, 5) is 24.6. The molecule has 0 aromatic carbocycles. The minimum atomic E-state index is -0.691. The molecule has 0 saturated carbocycles. The maximum atomic E-state index is 11.1. The van der Waals surface area contributed by atoms with E-state index in [1.165, 1.54) is 19.5 Å². The Kier molecular flexibility index (Phi) is 2.33. The molecule has 4 nitrogen and oxygen atoms in total. The summed E-state index contributed by atoms with van der Waals surface area (Å²) in [6.45, 7) is 0. The van der Waals surface area contributed by atoms with E-state index in [-0.39, 0.29) is 11.0 Å². The molecule has 60 valence electrons. The van der Waals surface area contributed by atoms with Crippen molar-refractivity contribution in [3.8, 4) is 0 Å². The van der Waals surface area contributed by atoms with Gasteiger partial charge in [-0.25, -0.2) is 4.79 Å². The molecule has 1 heterocycles. The van der Waals surface area contributed by atoms with E-state index in [9.17, 15) is 9.59 Å². The average molecular weight is 163 g/mol. The van der Waals surface area contributed by atoms with Crippen LogP contribution in [0.4, 0.5) is 0 Å². The van der Waals surface area contributed by atoms with Crippen molar-refractivity contribution in [1.29, 1.82) is 0 Å². The first-order valence-electron chi connectivity index (χ1n) is 3.21. The van der Waals surface area contributed by atoms with Gasteiger partial charge in [-0.15, -0.1) is 0 Å². The number of hydrogen-bond donors (Lipinski definition) is 1. The second kappa shape index (κ2) is 3.25. The van der Waals surface area contributed by atoms with Crippen LogP contribution in [0.2, 0.25) is 0 Å². The lowest BCUT2D eigenvalue weighted by Crippen LogP contribution is -2.30. The summed E-state index contributed by atoms with van der Waals surface area (Å²) in [7, 11) is 6.46. The Labute approximate surface area is 70.0 Å². The maximum absolute atomic E-state index is 11.1. The molecule has 1 aromatic heterocycles. The Hall–Kier alpha value is -1.52. The first-order valence-corrected chi connectivity index (χ1v) is 3.21. The Morgan fingerprint density at radius 1 is 1.58 bits per heavy atom. The van der Waals surface area contributed by atoms with Crippen LogP contribution in [0.1, 0.15) is 10.4 Å². The number of rotatable bonds is 1. The van der Waals surface area contributed by atoms with E-state index < -0.39 is 11.4 Å². The number of carbonyl (C=O) groups excluding carboxylic acids is 1. The summed E-state index contributed by atoms with van der Waals surface area (Å²) in [6, 6.07) is 0. The zero-order valence-electron chi connectivity index (χ0n) is 6.46. The number of esters is 1. The van der Waals surface area contributed by atoms with E-state index >= 15 is 0 Å². The fourth-order valence-corrected chi connectivity index (χ4v) is 0.763. The summed E-state index contributed by atoms with van der Waals surface area (Å²) < 4.78 is 4.36. The molecule has 0 bridgehead atoms. The molecule has 0 aliphatic rings. The zero-order chi connectivity index (χ0) is 9.14. The van der Waals surface area contributed by atoms with Crippen LogP contribution >= 0.6 is 0 Å². The summed E-state index contributed by atoms with van der Waals surface area (Å²) in [6.07, 6.45) is 2.57. The van der Waals surface area contributed by atoms with E-state index in [0.717, 1.165) is 0 Å². The minimum absolute atomic E-state index is 0.00194. The monoisotopic (exact) mass is 163 g/mol. The third-order valence-electron chi connectivity index (χ3n) is 1.38. The number of nitrogens with one attached hydrogen (secondary N) is 1. The third kappa shape index (κ3) is 1.39. The van der Waals surface area contributed by atoms with E-state index in [1.54, 1.807) is 0 Å². The summed E-state index contributed by atoms with van der Waals surface area (Å²) in [5.74, 6) is -0.691. The first kappa shape index (κ1) is 8.58. The molecule has 1 aromatic rings. The summed E-state index contributed by atoms with van der Waals surface area (Å²) in [5.41, 5.74) is -0.601. The maximum Gasteiger partial charge on any atom is 0.343 e. The zero-order valence-corrected chi connectivity index (χ0v) is 6.46. The minimum Gasteiger partial charge on any atom is -0.465 e. The second-order valence-electron chi connectivity index (χ2n) is 2.15. The highest BCUT2D eigenvalue weighted by atomic mass is 16.5. The predicted molar refractivity (Wildman–Crippen MR) is 43.8 cm³/mol. The molecule has 1 N–H and O–H groups in total. The van der Waals surface area contributed by atoms with Gasteiger partial charge in [0, 0.05) is 6.20 Å². The van der Waals surface area contributed by atoms with Gasteiger partial charge in [-0.3, -0.25) is 4.79 Å². The van der Waals surface area contributed by atoms with E-state index in [0.29, 0.717) is 0 Å². The van der Waals surface area contributed by atoms with Crippen LogP contribution in [0.15, 0.2) is 17.2 Å². The third-order valence-corrected chi connectivity index (χ3v) is 1.38. The fourth-order valence-electron chi connectivity index (χ4n) is 0.763. The molecular formula is C7H6BNO3. The normalized spacial score (nSPS) is 9.42. The number of pyridine rings is 1. The lowest BCUT2D eigenvalue weighted by molar-refractivity contribution is 0.0599. The van der Waals surface area contributed by atoms with Gasteiger partial charge in [-0.2, -0.15) is 0 Å². The average Bonchev–Trinajstić information content (AvgIpc) is 2.08. The number of carbonyl (C=O) groups is 1. The van der Waals surface area contributed by atoms with Crippen molar-refractivity contribution in [1.82, 2.24) is 4.98 Å². The molecule has 1 rings (SSSR count). The van der Waals surface area contributed by atoms with Gasteiger partial charge in [-0.05, 0) is 11.7 Å². The molecule has 0 fully saturated rings. The smallest absolute Gasteiger partial charge is 0.343 e. The number of aromatic nitrogens is 1. The first-order chi connectivity index (χ1) is 5.66. The van der Waals surface area contributed by atoms with Crippen LogP contribution in [0.5, 0.6) is 0 Å². The molecule has 12 heavy (non-hydrogen) atoms. The van der Waals surface area contributed by atoms with Crippen LogP contribution in [-0.4, -0.2) is 25.9 Å². The van der Waals surface area contributed by atoms with E-state index in [4.69, 9.17) is 7.85 Å². The highest BCUT2D eigenvalue weighted by Gasteiger charge is 2.10. The van der Waals surface area contributed by atoms with Crippen molar-refractivity contribution in [3.05, 3.63) is 28.2 Å². The van der Waals surface area contributed by atoms with E-state index in [2.05, 4.69) is 9.72 Å². The quantitative estimate of drug-likeness (QED) is 0.424. The predicted octanol–water partition coefficient (Wildman–Crippen LogP) is -1.04. The van der Waals surface area contributed by atoms with Crippen molar-refractivity contribution in [2.24, 2.45) is 0 Å². The molecule has 0 aliphatic carbocycles. The Balaban J connectivity index is 3.26. The van der Waals surface area contributed by atoms with Gasteiger partial charge < -0.3 is 9.72 Å². The second-order valence-corrected chi connectivity index (χ2v) is 2.15. The topological polar surface area (TPSA) is 59.2 Å². The largest absolute Gasteiger partial charge is 0.465 e. The van der Waals surface area contributed by atoms with E-state index in [1.807, 2.05) is 0 Å². The van der Waals surface area contributed by atoms with Gasteiger partial charge in [0.15, 0.2) is 5.43 Å². The van der Waals surface area contributed by atoms with Crippen molar-refractivity contribution in [2.75, 3.05) is 7.11 Å². The SMILES string of the molecule is [B]c1c[nH]cc(C(=O)OC)c1=O. The van der Waals surface area contributed by atoms with Gasteiger partial charge in [0.05, 0.1) is 7.11 Å². The molecule has 0 amide bonds. The number of hydrogen-bond acceptors (Lipinski definition) is 3. The number of H-pyrrole nitrogens is 1. The van der Waals surface area contributed by atoms with Crippen molar-refractivity contribution >= 4 is 19.3 Å². The van der Waals surface area contributed by atoms with Crippen molar-refractivity contribution < 1.29 is 9.53 Å². The highest BCUT2D eigenvalue weighted by molar-refractivity contribution is 6.32. The van der Waals surface area contributed by atoms with Crippen LogP contribution < -0.4 is 10.9 Å². The standard InChI is InChI=1S/C7H6BNO3/c1-12-7(11)4-2-9-3-5(8)6(4)10/h2-3H,1H3,(H,9,10). The summed E-state index contributed by atoms with van der Waals surface area (Å²) in [5, 5.41) is 0. The van der Waals surface area contributed by atoms with Gasteiger partial charge >= 0.3 is 5.97 Å². The molecule has 2 radical (unpaired) electrons. The van der Waals surface area contributed by atoms with Gasteiger partial charge in [0.1, 0.15) is 13.4 Å². The number of aromatic amines is 1. The number of ether oxygens (including phenoxy) is 1. The molecule has 0 atom stereocenters. The van der Waals surface area contributed by atoms with Gasteiger partial charge in [0.2, 0.25) is 0 Å². The molecule has 5 heteroatoms. The Bertz CT molecular complexity index is 358. The van der Waals surface area contributed by atoms with Crippen LogP contribution in [-0.2, 0) is 4.74 Å². The lowest BCUT2D eigenvalue weighted by Gasteiger charge is -1.98. The molecular weight excluding hydrogens is 157 g/mol. The molecule has 0 saturated heterocycles. The fraction of sp³-hybridized carbons (Fsp3) is 0.143. The number of methoxy groups -OCH3 is 1. The van der Waals surface area contributed by atoms with Crippen LogP contribution in [0.3, 0.4) is 0 Å². The van der Waals surface area contributed by atoms with Crippen LogP contribution in [0, 0.1) is 0 Å². The lowest BCUT2D eigenvalue weighted by atomic mass is 9.96. The Morgan fingerprint density at radius 2 is 2.25 bits per heavy atom. The molecule has 0 spiro atoms. The molecule has 0 unspecified atom stereocenters. The van der Waals surface area contributed by atoms with Crippen LogP contribution in [0.25, 0.3) is 0 Å². The molecule has 0 aliphatic heterocycles.